The molecule has 10 heteroatoms. The number of hydrogen-bond acceptors (Lipinski definition) is 4. The fourth-order valence-corrected chi connectivity index (χ4v) is 2.11. The number of piperidine rings is 1. The summed E-state index contributed by atoms with van der Waals surface area (Å²) in [5.74, 6) is -2.40. The van der Waals surface area contributed by atoms with Crippen LogP contribution < -0.4 is 10.9 Å². The molecule has 0 aromatic rings. The van der Waals surface area contributed by atoms with Crippen molar-refractivity contribution in [2.24, 2.45) is 5.92 Å². The molecule has 0 radical (unpaired) electrons. The summed E-state index contributed by atoms with van der Waals surface area (Å²) in [5.41, 5.74) is 3.10. The second-order valence-corrected chi connectivity index (χ2v) is 6.57. The predicted octanol–water partition coefficient (Wildman–Crippen LogP) is 1.73. The summed E-state index contributed by atoms with van der Waals surface area (Å²) < 4.78 is 41.2. The van der Waals surface area contributed by atoms with E-state index in [1.807, 2.05) is 5.43 Å². The van der Waals surface area contributed by atoms with Gasteiger partial charge >= 0.3 is 12.3 Å². The molecule has 0 aliphatic carbocycles. The van der Waals surface area contributed by atoms with Crippen molar-refractivity contribution >= 4 is 17.9 Å². The number of hydrazine groups is 1. The number of halogens is 3. The van der Waals surface area contributed by atoms with Crippen molar-refractivity contribution in [1.82, 2.24) is 15.8 Å². The Hall–Kier alpha value is -2.00. The molecule has 3 amide bonds. The quantitative estimate of drug-likeness (QED) is 0.740. The highest BCUT2D eigenvalue weighted by atomic mass is 19.4. The van der Waals surface area contributed by atoms with Gasteiger partial charge in [-0.05, 0) is 33.6 Å². The molecule has 24 heavy (non-hydrogen) atoms. The van der Waals surface area contributed by atoms with Crippen LogP contribution in [-0.4, -0.2) is 47.7 Å². The smallest absolute Gasteiger partial charge is 0.410 e. The lowest BCUT2D eigenvalue weighted by atomic mass is 9.96. The highest BCUT2D eigenvalue weighted by Crippen LogP contribution is 2.20. The molecule has 1 fully saturated rings. The van der Waals surface area contributed by atoms with Crippen LogP contribution in [0.15, 0.2) is 0 Å². The van der Waals surface area contributed by atoms with E-state index < -0.39 is 42.0 Å². The molecule has 0 aromatic carbocycles. The van der Waals surface area contributed by atoms with Gasteiger partial charge in [0.1, 0.15) is 12.0 Å². The molecule has 0 saturated carbocycles. The van der Waals surface area contributed by atoms with Gasteiger partial charge in [0.15, 0.2) is 0 Å². The lowest BCUT2D eigenvalue weighted by Gasteiger charge is -2.32. The summed E-state index contributed by atoms with van der Waals surface area (Å²) in [6.07, 6.45) is -6.10. The largest absolute Gasteiger partial charge is 0.444 e. The van der Waals surface area contributed by atoms with Crippen LogP contribution in [0.4, 0.5) is 18.0 Å². The van der Waals surface area contributed by atoms with E-state index in [2.05, 4.69) is 0 Å². The average Bonchev–Trinajstić information content (AvgIpc) is 2.41. The van der Waals surface area contributed by atoms with Gasteiger partial charge in [-0.25, -0.2) is 4.79 Å². The molecule has 1 rings (SSSR count). The standard InChI is InChI=1S/C14H22F3N3O4/c1-13(2,3)24-12(23)20-6-4-9(5-7-20)11(22)19-18-10(21)8-14(15,16)17/h9H,4-8H2,1-3H3,(H,18,21)(H,19,22). The Bertz CT molecular complexity index is 481. The minimum absolute atomic E-state index is 0.295. The van der Waals surface area contributed by atoms with Crippen molar-refractivity contribution in [3.63, 3.8) is 0 Å². The molecular weight excluding hydrogens is 331 g/mol. The number of amides is 3. The molecule has 1 saturated heterocycles. The van der Waals surface area contributed by atoms with Gasteiger partial charge in [0.05, 0.1) is 0 Å². The minimum atomic E-state index is -4.63. The van der Waals surface area contributed by atoms with Gasteiger partial charge in [-0.15, -0.1) is 0 Å². The normalized spacial score (nSPS) is 16.5. The van der Waals surface area contributed by atoms with Gasteiger partial charge in [0.2, 0.25) is 11.8 Å². The summed E-state index contributed by atoms with van der Waals surface area (Å²) in [5, 5.41) is 0. The maximum absolute atomic E-state index is 12.0. The zero-order chi connectivity index (χ0) is 18.5. The molecule has 1 aliphatic heterocycles. The fourth-order valence-electron chi connectivity index (χ4n) is 2.11. The molecule has 0 unspecified atom stereocenters. The first-order chi connectivity index (χ1) is 10.9. The van der Waals surface area contributed by atoms with Gasteiger partial charge in [-0.2, -0.15) is 13.2 Å². The Balaban J connectivity index is 2.35. The fraction of sp³-hybridized carbons (Fsp3) is 0.786. The van der Waals surface area contributed by atoms with Crippen LogP contribution in [0.2, 0.25) is 0 Å². The van der Waals surface area contributed by atoms with Crippen LogP contribution in [-0.2, 0) is 14.3 Å². The van der Waals surface area contributed by atoms with Crippen molar-refractivity contribution in [3.05, 3.63) is 0 Å². The van der Waals surface area contributed by atoms with Crippen molar-refractivity contribution in [2.75, 3.05) is 13.1 Å². The second kappa shape index (κ2) is 7.71. The molecule has 1 aliphatic rings. The maximum Gasteiger partial charge on any atom is 0.410 e. The molecule has 1 heterocycles. The number of nitrogens with one attached hydrogen (secondary N) is 2. The average molecular weight is 353 g/mol. The summed E-state index contributed by atoms with van der Waals surface area (Å²) in [4.78, 5) is 36.2. The Morgan fingerprint density at radius 2 is 1.62 bits per heavy atom. The van der Waals surface area contributed by atoms with Gasteiger partial charge < -0.3 is 9.64 Å². The summed E-state index contributed by atoms with van der Waals surface area (Å²) in [6, 6.07) is 0. The van der Waals surface area contributed by atoms with Gasteiger partial charge in [0.25, 0.3) is 0 Å². The summed E-state index contributed by atoms with van der Waals surface area (Å²) in [7, 11) is 0. The van der Waals surface area contributed by atoms with E-state index in [0.29, 0.717) is 25.9 Å². The summed E-state index contributed by atoms with van der Waals surface area (Å²) >= 11 is 0. The highest BCUT2D eigenvalue weighted by Gasteiger charge is 2.32. The first-order valence-corrected chi connectivity index (χ1v) is 7.51. The molecular formula is C14H22F3N3O4. The van der Waals surface area contributed by atoms with E-state index in [1.165, 1.54) is 4.90 Å². The van der Waals surface area contributed by atoms with Crippen LogP contribution in [0.5, 0.6) is 0 Å². The molecule has 7 nitrogen and oxygen atoms in total. The van der Waals surface area contributed by atoms with Crippen molar-refractivity contribution in [1.29, 1.82) is 0 Å². The van der Waals surface area contributed by atoms with Crippen LogP contribution in [0.25, 0.3) is 0 Å². The highest BCUT2D eigenvalue weighted by molar-refractivity contribution is 5.83. The van der Waals surface area contributed by atoms with Crippen LogP contribution in [0.1, 0.15) is 40.0 Å². The number of carbonyl (C=O) groups is 3. The third kappa shape index (κ3) is 7.51. The van der Waals surface area contributed by atoms with E-state index in [9.17, 15) is 27.6 Å². The van der Waals surface area contributed by atoms with Crippen LogP contribution in [0, 0.1) is 5.92 Å². The number of carbonyl (C=O) groups excluding carboxylic acids is 3. The number of nitrogens with zero attached hydrogens (tertiary/aromatic N) is 1. The lowest BCUT2D eigenvalue weighted by molar-refractivity contribution is -0.155. The topological polar surface area (TPSA) is 87.7 Å². The second-order valence-electron chi connectivity index (χ2n) is 6.57. The number of alkyl halides is 3. The monoisotopic (exact) mass is 353 g/mol. The third-order valence-corrected chi connectivity index (χ3v) is 3.20. The Morgan fingerprint density at radius 1 is 1.08 bits per heavy atom. The molecule has 0 spiro atoms. The zero-order valence-electron chi connectivity index (χ0n) is 13.8. The van der Waals surface area contributed by atoms with E-state index in [0.717, 1.165) is 0 Å². The zero-order valence-corrected chi connectivity index (χ0v) is 13.8. The molecule has 2 N–H and O–H groups in total. The Morgan fingerprint density at radius 3 is 2.08 bits per heavy atom. The van der Waals surface area contributed by atoms with Gasteiger partial charge in [-0.1, -0.05) is 0 Å². The minimum Gasteiger partial charge on any atom is -0.444 e. The van der Waals surface area contributed by atoms with Crippen LogP contribution in [0.3, 0.4) is 0 Å². The van der Waals surface area contributed by atoms with E-state index >= 15 is 0 Å². The number of rotatable bonds is 2. The van der Waals surface area contributed by atoms with Gasteiger partial charge in [-0.3, -0.25) is 20.4 Å². The molecule has 0 atom stereocenters. The third-order valence-electron chi connectivity index (χ3n) is 3.20. The van der Waals surface area contributed by atoms with E-state index in [1.54, 1.807) is 26.2 Å². The van der Waals surface area contributed by atoms with Crippen LogP contribution >= 0.6 is 0 Å². The number of ether oxygens (including phenoxy) is 1. The van der Waals surface area contributed by atoms with Crippen molar-refractivity contribution in [2.45, 2.75) is 51.8 Å². The molecule has 138 valence electrons. The van der Waals surface area contributed by atoms with Gasteiger partial charge in [0, 0.05) is 19.0 Å². The number of likely N-dealkylation sites (tertiary alicyclic amines) is 1. The first-order valence-electron chi connectivity index (χ1n) is 7.51. The van der Waals surface area contributed by atoms with Crippen molar-refractivity contribution in [3.8, 4) is 0 Å². The van der Waals surface area contributed by atoms with E-state index in [-0.39, 0.29) is 0 Å². The van der Waals surface area contributed by atoms with Crippen molar-refractivity contribution < 1.29 is 32.3 Å². The van der Waals surface area contributed by atoms with E-state index in [4.69, 9.17) is 4.74 Å². The predicted molar refractivity (Wildman–Crippen MR) is 77.5 cm³/mol. The number of hydrogen-bond donors (Lipinski definition) is 2. The first kappa shape index (κ1) is 20.0. The Kier molecular flexibility index (Phi) is 6.44. The molecule has 0 bridgehead atoms. The Labute approximate surface area is 137 Å². The maximum atomic E-state index is 12.0. The molecule has 0 aromatic heterocycles. The SMILES string of the molecule is CC(C)(C)OC(=O)N1CCC(C(=O)NNC(=O)CC(F)(F)F)CC1. The lowest BCUT2D eigenvalue weighted by Crippen LogP contribution is -2.49. The summed E-state index contributed by atoms with van der Waals surface area (Å²) in [6.45, 7) is 5.82.